The predicted octanol–water partition coefficient (Wildman–Crippen LogP) is 2.15. The minimum Gasteiger partial charge on any atom is -0.471 e. The van der Waals surface area contributed by atoms with Crippen LogP contribution in [0.3, 0.4) is 0 Å². The monoisotopic (exact) mass is 238 g/mol. The Balaban J connectivity index is 2.52. The lowest BCUT2D eigenvalue weighted by Gasteiger charge is -2.20. The van der Waals surface area contributed by atoms with Gasteiger partial charge in [-0.2, -0.15) is 4.98 Å². The van der Waals surface area contributed by atoms with E-state index in [9.17, 15) is 0 Å². The Bertz CT molecular complexity index is 503. The van der Waals surface area contributed by atoms with E-state index in [1.165, 1.54) is 11.3 Å². The van der Waals surface area contributed by atoms with Gasteiger partial charge in [0.2, 0.25) is 11.8 Å². The van der Waals surface area contributed by atoms with Crippen LogP contribution in [0.4, 0.5) is 5.95 Å². The van der Waals surface area contributed by atoms with Gasteiger partial charge in [0.1, 0.15) is 10.4 Å². The average Bonchev–Trinajstić information content (AvgIpc) is 2.63. The molecule has 0 saturated carbocycles. The van der Waals surface area contributed by atoms with Crippen molar-refractivity contribution in [3.05, 3.63) is 11.4 Å². The van der Waals surface area contributed by atoms with Gasteiger partial charge in [-0.05, 0) is 32.2 Å². The maximum absolute atomic E-state index is 5.78. The average molecular weight is 238 g/mol. The number of hydrogen-bond acceptors (Lipinski definition) is 6. The maximum atomic E-state index is 5.78. The van der Waals surface area contributed by atoms with E-state index in [-0.39, 0.29) is 5.60 Å². The van der Waals surface area contributed by atoms with Crippen LogP contribution in [0.5, 0.6) is 5.88 Å². The Morgan fingerprint density at radius 1 is 1.38 bits per heavy atom. The smallest absolute Gasteiger partial charge is 0.241 e. The van der Waals surface area contributed by atoms with E-state index in [0.717, 1.165) is 10.2 Å². The van der Waals surface area contributed by atoms with Gasteiger partial charge in [0.25, 0.3) is 0 Å². The second-order valence-corrected chi connectivity index (χ2v) is 5.25. The Labute approximate surface area is 97.6 Å². The van der Waals surface area contributed by atoms with Crippen LogP contribution in [0, 0.1) is 0 Å². The van der Waals surface area contributed by atoms with Gasteiger partial charge < -0.3 is 4.74 Å². The van der Waals surface area contributed by atoms with Gasteiger partial charge in [-0.1, -0.05) is 0 Å². The van der Waals surface area contributed by atoms with Gasteiger partial charge in [-0.15, -0.1) is 11.3 Å². The summed E-state index contributed by atoms with van der Waals surface area (Å²) < 4.78 is 5.78. The largest absolute Gasteiger partial charge is 0.471 e. The van der Waals surface area contributed by atoms with Crippen LogP contribution in [-0.2, 0) is 0 Å². The van der Waals surface area contributed by atoms with E-state index in [1.807, 2.05) is 32.2 Å². The lowest BCUT2D eigenvalue weighted by Crippen LogP contribution is -2.24. The van der Waals surface area contributed by atoms with Crippen LogP contribution in [-0.4, -0.2) is 15.6 Å². The van der Waals surface area contributed by atoms with E-state index in [4.69, 9.17) is 10.6 Å². The number of aromatic nitrogens is 2. The van der Waals surface area contributed by atoms with Gasteiger partial charge >= 0.3 is 0 Å². The van der Waals surface area contributed by atoms with Crippen LogP contribution in [0.15, 0.2) is 11.4 Å². The van der Waals surface area contributed by atoms with Gasteiger partial charge in [-0.3, -0.25) is 5.43 Å². The van der Waals surface area contributed by atoms with Crippen molar-refractivity contribution in [2.24, 2.45) is 5.84 Å². The highest BCUT2D eigenvalue weighted by Crippen LogP contribution is 2.30. The number of nitrogens with two attached hydrogens (primary N) is 1. The van der Waals surface area contributed by atoms with Crippen LogP contribution in [0.25, 0.3) is 10.2 Å². The van der Waals surface area contributed by atoms with E-state index in [0.29, 0.717) is 11.8 Å². The molecule has 0 aliphatic heterocycles. The summed E-state index contributed by atoms with van der Waals surface area (Å²) in [6.45, 7) is 5.93. The Kier molecular flexibility index (Phi) is 2.69. The van der Waals surface area contributed by atoms with Crippen molar-refractivity contribution in [2.45, 2.75) is 26.4 Å². The first-order valence-electron chi connectivity index (χ1n) is 4.90. The van der Waals surface area contributed by atoms with Crippen molar-refractivity contribution in [3.8, 4) is 5.88 Å². The van der Waals surface area contributed by atoms with Crippen molar-refractivity contribution >= 4 is 27.5 Å². The van der Waals surface area contributed by atoms with E-state index >= 15 is 0 Å². The number of ether oxygens (including phenoxy) is 1. The summed E-state index contributed by atoms with van der Waals surface area (Å²) in [6, 6.07) is 1.95. The summed E-state index contributed by atoms with van der Waals surface area (Å²) in [4.78, 5) is 9.31. The quantitative estimate of drug-likeness (QED) is 0.619. The number of hydrazine groups is 1. The molecule has 2 rings (SSSR count). The number of nitrogens with zero attached hydrogens (tertiary/aromatic N) is 2. The van der Waals surface area contributed by atoms with Crippen LogP contribution in [0.1, 0.15) is 20.8 Å². The maximum Gasteiger partial charge on any atom is 0.241 e. The highest BCUT2D eigenvalue weighted by atomic mass is 32.1. The van der Waals surface area contributed by atoms with Crippen molar-refractivity contribution in [2.75, 3.05) is 5.43 Å². The number of fused-ring (bicyclic) bond motifs is 1. The summed E-state index contributed by atoms with van der Waals surface area (Å²) >= 11 is 1.53. The molecule has 0 atom stereocenters. The van der Waals surface area contributed by atoms with Crippen LogP contribution < -0.4 is 16.0 Å². The molecule has 2 aromatic heterocycles. The molecule has 0 saturated heterocycles. The van der Waals surface area contributed by atoms with E-state index in [1.54, 1.807) is 0 Å². The molecule has 0 spiro atoms. The van der Waals surface area contributed by atoms with E-state index < -0.39 is 0 Å². The van der Waals surface area contributed by atoms with Crippen molar-refractivity contribution < 1.29 is 4.74 Å². The fraction of sp³-hybridized carbons (Fsp3) is 0.400. The standard InChI is InChI=1S/C10H14N4OS/c1-10(2,3)15-7-6-4-5-16-8(6)13-9(12-7)14-11/h4-5H,11H2,1-3H3,(H,12,13,14). The molecule has 0 aliphatic carbocycles. The number of nitrogen functional groups attached to an aromatic ring is 1. The summed E-state index contributed by atoms with van der Waals surface area (Å²) in [5.41, 5.74) is 2.14. The van der Waals surface area contributed by atoms with Crippen molar-refractivity contribution in [3.63, 3.8) is 0 Å². The first-order chi connectivity index (χ1) is 7.49. The molecule has 0 bridgehead atoms. The number of anilines is 1. The topological polar surface area (TPSA) is 73.1 Å². The molecule has 6 heteroatoms. The Hall–Kier alpha value is -1.40. The number of nitrogens with one attached hydrogen (secondary N) is 1. The molecule has 0 amide bonds. The molecule has 0 radical (unpaired) electrons. The summed E-state index contributed by atoms with van der Waals surface area (Å²) in [5, 5.41) is 2.87. The molecule has 3 N–H and O–H groups in total. The second kappa shape index (κ2) is 3.88. The zero-order chi connectivity index (χ0) is 11.8. The fourth-order valence-corrected chi connectivity index (χ4v) is 2.02. The minimum atomic E-state index is -0.297. The van der Waals surface area contributed by atoms with Gasteiger partial charge in [0, 0.05) is 0 Å². The Morgan fingerprint density at radius 2 is 2.12 bits per heavy atom. The van der Waals surface area contributed by atoms with Crippen molar-refractivity contribution in [1.29, 1.82) is 0 Å². The van der Waals surface area contributed by atoms with Gasteiger partial charge in [0.05, 0.1) is 5.39 Å². The van der Waals surface area contributed by atoms with Gasteiger partial charge in [0.15, 0.2) is 0 Å². The highest BCUT2D eigenvalue weighted by molar-refractivity contribution is 7.16. The molecular formula is C10H14N4OS. The fourth-order valence-electron chi connectivity index (χ4n) is 1.26. The van der Waals surface area contributed by atoms with E-state index in [2.05, 4.69) is 15.4 Å². The molecule has 0 unspecified atom stereocenters. The van der Waals surface area contributed by atoms with Crippen LogP contribution in [0.2, 0.25) is 0 Å². The SMILES string of the molecule is CC(C)(C)Oc1nc(NN)nc2sccc12. The first-order valence-corrected chi connectivity index (χ1v) is 5.78. The highest BCUT2D eigenvalue weighted by Gasteiger charge is 2.17. The third kappa shape index (κ3) is 2.23. The third-order valence-corrected chi connectivity index (χ3v) is 2.63. The molecule has 2 heterocycles. The third-order valence-electron chi connectivity index (χ3n) is 1.82. The molecule has 0 aromatic carbocycles. The molecule has 16 heavy (non-hydrogen) atoms. The molecule has 0 fully saturated rings. The first kappa shape index (κ1) is 11.1. The van der Waals surface area contributed by atoms with Crippen LogP contribution >= 0.6 is 11.3 Å². The second-order valence-electron chi connectivity index (χ2n) is 4.35. The summed E-state index contributed by atoms with van der Waals surface area (Å²) in [5.74, 6) is 6.25. The number of rotatable bonds is 2. The number of thiophene rings is 1. The zero-order valence-corrected chi connectivity index (χ0v) is 10.3. The van der Waals surface area contributed by atoms with Crippen molar-refractivity contribution in [1.82, 2.24) is 9.97 Å². The summed E-state index contributed by atoms with van der Waals surface area (Å²) in [7, 11) is 0. The number of hydrogen-bond donors (Lipinski definition) is 2. The summed E-state index contributed by atoms with van der Waals surface area (Å²) in [6.07, 6.45) is 0. The lowest BCUT2D eigenvalue weighted by atomic mass is 10.2. The molecule has 2 aromatic rings. The molecule has 0 aliphatic rings. The minimum absolute atomic E-state index is 0.297. The molecule has 5 nitrogen and oxygen atoms in total. The normalized spacial score (nSPS) is 11.8. The van der Waals surface area contributed by atoms with Gasteiger partial charge in [-0.25, -0.2) is 10.8 Å². The Morgan fingerprint density at radius 3 is 2.75 bits per heavy atom. The lowest BCUT2D eigenvalue weighted by molar-refractivity contribution is 0.126. The zero-order valence-electron chi connectivity index (χ0n) is 9.44. The predicted molar refractivity (Wildman–Crippen MR) is 65.6 cm³/mol. The molecule has 86 valence electrons. The molecular weight excluding hydrogens is 224 g/mol.